The Balaban J connectivity index is 1.75. The number of allylic oxidation sites excluding steroid dienone is 4. The van der Waals surface area contributed by atoms with Gasteiger partial charge in [0.15, 0.2) is 0 Å². The normalized spacial score (nSPS) is 18.0. The van der Waals surface area contributed by atoms with E-state index in [1.54, 1.807) is 48.6 Å². The Morgan fingerprint density at radius 3 is 1.39 bits per heavy atom. The van der Waals surface area contributed by atoms with Crippen molar-refractivity contribution in [3.05, 3.63) is 60.8 Å². The molecular formula is C14H12O4. The third-order valence-electron chi connectivity index (χ3n) is 2.29. The molecule has 0 aromatic rings. The lowest BCUT2D eigenvalue weighted by Crippen LogP contribution is -2.13. The number of hydrogen-bond acceptors (Lipinski definition) is 4. The molecule has 0 atom stereocenters. The van der Waals surface area contributed by atoms with E-state index in [0.29, 0.717) is 0 Å². The second-order valence-corrected chi connectivity index (χ2v) is 3.68. The first-order chi connectivity index (χ1) is 8.74. The van der Waals surface area contributed by atoms with Crippen molar-refractivity contribution in [2.24, 2.45) is 0 Å². The topological polar surface area (TPSA) is 52.6 Å². The van der Waals surface area contributed by atoms with Gasteiger partial charge in [0.25, 0.3) is 0 Å². The van der Waals surface area contributed by atoms with Crippen LogP contribution in [0.25, 0.3) is 0 Å². The zero-order valence-electron chi connectivity index (χ0n) is 9.56. The van der Waals surface area contributed by atoms with Gasteiger partial charge in [0.1, 0.15) is 12.2 Å². The minimum atomic E-state index is -0.578. The first-order valence-corrected chi connectivity index (χ1v) is 5.53. The van der Waals surface area contributed by atoms with E-state index < -0.39 is 11.9 Å². The average Bonchev–Trinajstić information content (AvgIpc) is 2.99. The second-order valence-electron chi connectivity index (χ2n) is 3.68. The molecule has 2 aliphatic carbocycles. The maximum absolute atomic E-state index is 11.3. The number of esters is 2. The van der Waals surface area contributed by atoms with E-state index in [4.69, 9.17) is 9.47 Å². The number of carbonyl (C=O) groups excluding carboxylic acids is 2. The maximum atomic E-state index is 11.3. The van der Waals surface area contributed by atoms with Gasteiger partial charge in [0.05, 0.1) is 0 Å². The van der Waals surface area contributed by atoms with Crippen molar-refractivity contribution in [1.29, 1.82) is 0 Å². The number of rotatable bonds is 4. The van der Waals surface area contributed by atoms with E-state index in [1.807, 2.05) is 0 Å². The quantitative estimate of drug-likeness (QED) is 0.557. The first-order valence-electron chi connectivity index (χ1n) is 5.53. The number of carbonyl (C=O) groups is 2. The van der Waals surface area contributed by atoms with Crippen LogP contribution in [0.2, 0.25) is 0 Å². The summed E-state index contributed by atoms with van der Waals surface area (Å²) in [6.07, 6.45) is 15.5. The molecular weight excluding hydrogens is 232 g/mol. The molecule has 0 fully saturated rings. The Kier molecular flexibility index (Phi) is 3.91. The Hall–Kier alpha value is -2.36. The summed E-state index contributed by atoms with van der Waals surface area (Å²) >= 11 is 0. The smallest absolute Gasteiger partial charge is 0.331 e. The molecule has 0 aromatic heterocycles. The number of hydrogen-bond donors (Lipinski definition) is 0. The van der Waals surface area contributed by atoms with E-state index in [-0.39, 0.29) is 12.2 Å². The molecule has 4 nitrogen and oxygen atoms in total. The molecule has 0 aliphatic heterocycles. The minimum absolute atomic E-state index is 0.348. The molecule has 0 amide bonds. The fraction of sp³-hybridized carbons (Fsp3) is 0.143. The summed E-state index contributed by atoms with van der Waals surface area (Å²) in [4.78, 5) is 22.7. The van der Waals surface area contributed by atoms with Gasteiger partial charge in [-0.3, -0.25) is 0 Å². The summed E-state index contributed by atoms with van der Waals surface area (Å²) < 4.78 is 9.99. The molecule has 0 bridgehead atoms. The van der Waals surface area contributed by atoms with Crippen LogP contribution < -0.4 is 0 Å². The average molecular weight is 244 g/mol. The van der Waals surface area contributed by atoms with E-state index in [0.717, 1.165) is 12.2 Å². The highest BCUT2D eigenvalue weighted by molar-refractivity contribution is 5.92. The van der Waals surface area contributed by atoms with Crippen LogP contribution in [0.15, 0.2) is 60.8 Å². The van der Waals surface area contributed by atoms with E-state index in [2.05, 4.69) is 0 Å². The molecule has 0 heterocycles. The van der Waals surface area contributed by atoms with Gasteiger partial charge in [-0.2, -0.15) is 0 Å². The van der Waals surface area contributed by atoms with Crippen molar-refractivity contribution in [3.8, 4) is 0 Å². The Labute approximate surface area is 105 Å². The van der Waals surface area contributed by atoms with E-state index in [1.165, 1.54) is 0 Å². The van der Waals surface area contributed by atoms with Gasteiger partial charge in [-0.1, -0.05) is 24.3 Å². The van der Waals surface area contributed by atoms with Gasteiger partial charge in [-0.05, 0) is 24.3 Å². The lowest BCUT2D eigenvalue weighted by molar-refractivity contribution is -0.141. The van der Waals surface area contributed by atoms with Gasteiger partial charge < -0.3 is 9.47 Å². The zero-order chi connectivity index (χ0) is 12.8. The molecule has 4 heteroatoms. The minimum Gasteiger partial charge on any atom is -0.451 e. The van der Waals surface area contributed by atoms with Gasteiger partial charge in [-0.25, -0.2) is 9.59 Å². The van der Waals surface area contributed by atoms with E-state index >= 15 is 0 Å². The molecule has 0 spiro atoms. The molecule has 0 unspecified atom stereocenters. The Morgan fingerprint density at radius 2 is 1.06 bits per heavy atom. The van der Waals surface area contributed by atoms with Crippen LogP contribution in [0.4, 0.5) is 0 Å². The van der Waals surface area contributed by atoms with Crippen molar-refractivity contribution < 1.29 is 19.1 Å². The molecule has 2 aliphatic rings. The summed E-state index contributed by atoms with van der Waals surface area (Å²) in [5.74, 6) is -1.16. The largest absolute Gasteiger partial charge is 0.451 e. The molecule has 0 aromatic carbocycles. The summed E-state index contributed by atoms with van der Waals surface area (Å²) in [5.41, 5.74) is 0. The van der Waals surface area contributed by atoms with E-state index in [9.17, 15) is 9.59 Å². The highest BCUT2D eigenvalue weighted by Gasteiger charge is 2.10. The van der Waals surface area contributed by atoms with Crippen LogP contribution in [-0.4, -0.2) is 24.1 Å². The molecule has 0 radical (unpaired) electrons. The fourth-order valence-corrected chi connectivity index (χ4v) is 1.46. The van der Waals surface area contributed by atoms with Gasteiger partial charge >= 0.3 is 11.9 Å². The molecule has 2 rings (SSSR count). The Bertz CT molecular complexity index is 412. The fourth-order valence-electron chi connectivity index (χ4n) is 1.46. The van der Waals surface area contributed by atoms with Crippen molar-refractivity contribution in [3.63, 3.8) is 0 Å². The molecule has 18 heavy (non-hydrogen) atoms. The lowest BCUT2D eigenvalue weighted by atomic mass is 10.4. The summed E-state index contributed by atoms with van der Waals surface area (Å²) in [6.45, 7) is 0. The standard InChI is InChI=1S/C14H12O4/c15-13(17-11-5-1-2-6-11)9-10-14(16)18-12-7-3-4-8-12/h1-12H/b10-9-. The predicted molar refractivity (Wildman–Crippen MR) is 65.5 cm³/mol. The zero-order valence-corrected chi connectivity index (χ0v) is 9.56. The van der Waals surface area contributed by atoms with Crippen molar-refractivity contribution in [1.82, 2.24) is 0 Å². The summed E-state index contributed by atoms with van der Waals surface area (Å²) in [6, 6.07) is 0. The summed E-state index contributed by atoms with van der Waals surface area (Å²) in [7, 11) is 0. The lowest BCUT2D eigenvalue weighted by Gasteiger charge is -2.06. The van der Waals surface area contributed by atoms with Crippen molar-refractivity contribution in [2.75, 3.05) is 0 Å². The summed E-state index contributed by atoms with van der Waals surface area (Å²) in [5, 5.41) is 0. The van der Waals surface area contributed by atoms with Crippen LogP contribution in [0, 0.1) is 0 Å². The third kappa shape index (κ3) is 3.59. The monoisotopic (exact) mass is 244 g/mol. The van der Waals surface area contributed by atoms with Crippen molar-refractivity contribution >= 4 is 11.9 Å². The van der Waals surface area contributed by atoms with Crippen LogP contribution in [0.5, 0.6) is 0 Å². The van der Waals surface area contributed by atoms with Gasteiger partial charge in [0.2, 0.25) is 0 Å². The molecule has 0 saturated heterocycles. The van der Waals surface area contributed by atoms with Crippen LogP contribution in [0.3, 0.4) is 0 Å². The first kappa shape index (κ1) is 12.1. The van der Waals surface area contributed by atoms with Gasteiger partial charge in [-0.15, -0.1) is 0 Å². The SMILES string of the molecule is O=C(/C=C\C(=O)OC1C=CC=C1)OC1C=CC=C1. The van der Waals surface area contributed by atoms with Crippen LogP contribution in [-0.2, 0) is 19.1 Å². The molecule has 0 saturated carbocycles. The molecule has 0 N–H and O–H groups in total. The van der Waals surface area contributed by atoms with Gasteiger partial charge in [0, 0.05) is 12.2 Å². The third-order valence-corrected chi connectivity index (χ3v) is 2.29. The number of ether oxygens (including phenoxy) is 2. The Morgan fingerprint density at radius 1 is 0.722 bits per heavy atom. The van der Waals surface area contributed by atoms with Crippen molar-refractivity contribution in [2.45, 2.75) is 12.2 Å². The predicted octanol–water partition coefficient (Wildman–Crippen LogP) is 1.62. The highest BCUT2D eigenvalue weighted by Crippen LogP contribution is 2.06. The molecule has 92 valence electrons. The van der Waals surface area contributed by atoms with Crippen LogP contribution in [0.1, 0.15) is 0 Å². The van der Waals surface area contributed by atoms with Crippen LogP contribution >= 0.6 is 0 Å². The maximum Gasteiger partial charge on any atom is 0.331 e. The second kappa shape index (κ2) is 5.82. The highest BCUT2D eigenvalue weighted by atomic mass is 16.5.